The minimum absolute atomic E-state index is 0.684. The largest absolute Gasteiger partial charge is 0.317 e. The second-order valence-corrected chi connectivity index (χ2v) is 3.76. The number of benzene rings is 1. The first-order valence-electron chi connectivity index (χ1n) is 6.11. The van der Waals surface area contributed by atoms with Gasteiger partial charge in [0.05, 0.1) is 11.6 Å². The van der Waals surface area contributed by atoms with Crippen molar-refractivity contribution in [3.05, 3.63) is 35.4 Å². The zero-order chi connectivity index (χ0) is 11.8. The van der Waals surface area contributed by atoms with E-state index in [4.69, 9.17) is 5.26 Å². The third-order valence-corrected chi connectivity index (χ3v) is 2.85. The molecule has 2 rings (SSSR count). The van der Waals surface area contributed by atoms with Crippen LogP contribution in [-0.2, 0) is 0 Å². The van der Waals surface area contributed by atoms with E-state index in [9.17, 15) is 0 Å². The summed E-state index contributed by atoms with van der Waals surface area (Å²) in [5.74, 6) is 0.684. The van der Waals surface area contributed by atoms with Crippen LogP contribution >= 0.6 is 0 Å². The number of nitriles is 1. The Morgan fingerprint density at radius 2 is 1.69 bits per heavy atom. The molecule has 1 fully saturated rings. The molecule has 1 heterocycles. The van der Waals surface area contributed by atoms with E-state index < -0.39 is 0 Å². The van der Waals surface area contributed by atoms with Crippen molar-refractivity contribution in [3.63, 3.8) is 0 Å². The molecule has 0 aromatic heterocycles. The molecule has 0 bridgehead atoms. The van der Waals surface area contributed by atoms with Gasteiger partial charge in [0.1, 0.15) is 0 Å². The molecule has 1 saturated heterocycles. The maximum Gasteiger partial charge on any atom is 0.0991 e. The fourth-order valence-electron chi connectivity index (χ4n) is 1.99. The van der Waals surface area contributed by atoms with Crippen molar-refractivity contribution in [2.45, 2.75) is 32.6 Å². The molecule has 1 aliphatic rings. The van der Waals surface area contributed by atoms with Crippen molar-refractivity contribution in [2.75, 3.05) is 13.1 Å². The summed E-state index contributed by atoms with van der Waals surface area (Å²) in [4.78, 5) is 0. The number of nitrogens with zero attached hydrogens (tertiary/aromatic N) is 1. The third-order valence-electron chi connectivity index (χ3n) is 2.85. The monoisotopic (exact) mass is 216 g/mol. The van der Waals surface area contributed by atoms with Gasteiger partial charge in [-0.2, -0.15) is 5.26 Å². The van der Waals surface area contributed by atoms with Gasteiger partial charge in [-0.25, -0.2) is 0 Å². The molecule has 1 aliphatic heterocycles. The van der Waals surface area contributed by atoms with Gasteiger partial charge in [-0.15, -0.1) is 0 Å². The van der Waals surface area contributed by atoms with Crippen LogP contribution in [0.25, 0.3) is 0 Å². The van der Waals surface area contributed by atoms with Gasteiger partial charge < -0.3 is 5.32 Å². The summed E-state index contributed by atoms with van der Waals surface area (Å²) < 4.78 is 0. The summed E-state index contributed by atoms with van der Waals surface area (Å²) in [6.07, 6.45) is 2.43. The smallest absolute Gasteiger partial charge is 0.0991 e. The topological polar surface area (TPSA) is 35.8 Å². The molecule has 1 aromatic carbocycles. The molecule has 0 amide bonds. The van der Waals surface area contributed by atoms with Crippen LogP contribution in [0, 0.1) is 11.3 Å². The molecule has 2 heteroatoms. The van der Waals surface area contributed by atoms with Crippen LogP contribution in [0.15, 0.2) is 24.3 Å². The predicted molar refractivity (Wildman–Crippen MR) is 67.3 cm³/mol. The van der Waals surface area contributed by atoms with Gasteiger partial charge in [-0.1, -0.05) is 26.0 Å². The molecule has 16 heavy (non-hydrogen) atoms. The van der Waals surface area contributed by atoms with Crippen LogP contribution in [0.3, 0.4) is 0 Å². The highest BCUT2D eigenvalue weighted by molar-refractivity contribution is 5.33. The summed E-state index contributed by atoms with van der Waals surface area (Å²) in [5, 5.41) is 12.0. The van der Waals surface area contributed by atoms with Crippen LogP contribution in [0.5, 0.6) is 0 Å². The second-order valence-electron chi connectivity index (χ2n) is 3.76. The predicted octanol–water partition coefficient (Wildman–Crippen LogP) is 3.05. The number of nitrogens with one attached hydrogen (secondary N) is 1. The average Bonchev–Trinajstić information content (AvgIpc) is 2.42. The Morgan fingerprint density at radius 3 is 2.19 bits per heavy atom. The molecule has 86 valence electrons. The maximum atomic E-state index is 8.68. The molecule has 0 saturated carbocycles. The summed E-state index contributed by atoms with van der Waals surface area (Å²) in [7, 11) is 0. The first kappa shape index (κ1) is 12.7. The Bertz CT molecular complexity index is 329. The van der Waals surface area contributed by atoms with E-state index in [0.717, 1.165) is 18.7 Å². The van der Waals surface area contributed by atoms with Crippen LogP contribution in [0.2, 0.25) is 0 Å². The van der Waals surface area contributed by atoms with Gasteiger partial charge in [0.15, 0.2) is 0 Å². The maximum absolute atomic E-state index is 8.68. The minimum Gasteiger partial charge on any atom is -0.317 e. The van der Waals surface area contributed by atoms with E-state index in [0.29, 0.717) is 5.92 Å². The average molecular weight is 216 g/mol. The molecule has 0 aliphatic carbocycles. The van der Waals surface area contributed by atoms with E-state index in [1.165, 1.54) is 18.4 Å². The van der Waals surface area contributed by atoms with E-state index in [1.807, 2.05) is 26.0 Å². The van der Waals surface area contributed by atoms with Gasteiger partial charge in [0.25, 0.3) is 0 Å². The van der Waals surface area contributed by atoms with Gasteiger partial charge in [-0.05, 0) is 49.5 Å². The van der Waals surface area contributed by atoms with Crippen molar-refractivity contribution in [3.8, 4) is 6.07 Å². The Balaban J connectivity index is 0.000000606. The standard InChI is InChI=1S/C12H14N2.C2H6/c13-9-10-1-3-11(4-2-10)12-5-7-14-8-6-12;1-2/h1-4,12,14H,5-8H2;1-2H3. The van der Waals surface area contributed by atoms with Crippen LogP contribution < -0.4 is 5.32 Å². The summed E-state index contributed by atoms with van der Waals surface area (Å²) in [5.41, 5.74) is 2.13. The Morgan fingerprint density at radius 1 is 1.12 bits per heavy atom. The van der Waals surface area contributed by atoms with Gasteiger partial charge in [-0.3, -0.25) is 0 Å². The third kappa shape index (κ3) is 3.36. The molecular formula is C14H20N2. The summed E-state index contributed by atoms with van der Waals surface area (Å²) in [6.45, 7) is 6.23. The Hall–Kier alpha value is -1.33. The molecule has 1 N–H and O–H groups in total. The van der Waals surface area contributed by atoms with Gasteiger partial charge in [0, 0.05) is 0 Å². The quantitative estimate of drug-likeness (QED) is 0.783. The van der Waals surface area contributed by atoms with E-state index in [-0.39, 0.29) is 0 Å². The zero-order valence-corrected chi connectivity index (χ0v) is 10.2. The van der Waals surface area contributed by atoms with Crippen LogP contribution in [0.4, 0.5) is 0 Å². The normalized spacial score (nSPS) is 15.8. The molecule has 2 nitrogen and oxygen atoms in total. The van der Waals surface area contributed by atoms with Crippen molar-refractivity contribution in [2.24, 2.45) is 0 Å². The lowest BCUT2D eigenvalue weighted by Crippen LogP contribution is -2.26. The fraction of sp³-hybridized carbons (Fsp3) is 0.500. The highest BCUT2D eigenvalue weighted by Gasteiger charge is 2.14. The number of rotatable bonds is 1. The van der Waals surface area contributed by atoms with Crippen molar-refractivity contribution in [1.29, 1.82) is 5.26 Å². The number of hydrogen-bond acceptors (Lipinski definition) is 2. The highest BCUT2D eigenvalue weighted by Crippen LogP contribution is 2.24. The molecular weight excluding hydrogens is 196 g/mol. The number of hydrogen-bond donors (Lipinski definition) is 1. The molecule has 0 radical (unpaired) electrons. The van der Waals surface area contributed by atoms with Crippen molar-refractivity contribution in [1.82, 2.24) is 5.32 Å². The Kier molecular flexibility index (Phi) is 5.60. The lowest BCUT2D eigenvalue weighted by molar-refractivity contribution is 0.460. The summed E-state index contributed by atoms with van der Waals surface area (Å²) in [6, 6.07) is 10.2. The SMILES string of the molecule is CC.N#Cc1ccc(C2CCNCC2)cc1. The first-order chi connectivity index (χ1) is 7.90. The zero-order valence-electron chi connectivity index (χ0n) is 10.2. The minimum atomic E-state index is 0.684. The van der Waals surface area contributed by atoms with Crippen LogP contribution in [-0.4, -0.2) is 13.1 Å². The first-order valence-corrected chi connectivity index (χ1v) is 6.11. The fourth-order valence-corrected chi connectivity index (χ4v) is 1.99. The van der Waals surface area contributed by atoms with Crippen molar-refractivity contribution < 1.29 is 0 Å². The molecule has 0 atom stereocenters. The highest BCUT2D eigenvalue weighted by atomic mass is 14.9. The van der Waals surface area contributed by atoms with Crippen molar-refractivity contribution >= 4 is 0 Å². The summed E-state index contributed by atoms with van der Waals surface area (Å²) >= 11 is 0. The lowest BCUT2D eigenvalue weighted by atomic mass is 9.90. The van der Waals surface area contributed by atoms with Gasteiger partial charge >= 0.3 is 0 Å². The van der Waals surface area contributed by atoms with Gasteiger partial charge in [0.2, 0.25) is 0 Å². The van der Waals surface area contributed by atoms with E-state index in [1.54, 1.807) is 0 Å². The number of piperidine rings is 1. The van der Waals surface area contributed by atoms with E-state index in [2.05, 4.69) is 23.5 Å². The van der Waals surface area contributed by atoms with E-state index >= 15 is 0 Å². The Labute approximate surface area is 98.3 Å². The van der Waals surface area contributed by atoms with Crippen LogP contribution in [0.1, 0.15) is 43.7 Å². The molecule has 1 aromatic rings. The molecule has 0 unspecified atom stereocenters. The molecule has 0 spiro atoms. The second kappa shape index (κ2) is 7.03. The lowest BCUT2D eigenvalue weighted by Gasteiger charge is -2.22.